The van der Waals surface area contributed by atoms with E-state index >= 15 is 0 Å². The molecule has 7 nitrogen and oxygen atoms in total. The van der Waals surface area contributed by atoms with Gasteiger partial charge in [0.25, 0.3) is 5.91 Å². The lowest BCUT2D eigenvalue weighted by Crippen LogP contribution is -2.45. The number of benzene rings is 1. The molecule has 0 aromatic heterocycles. The molecule has 1 aliphatic rings. The molecule has 0 bridgehead atoms. The largest absolute Gasteiger partial charge is 0.482 e. The lowest BCUT2D eigenvalue weighted by atomic mass is 9.97. The Labute approximate surface area is 147 Å². The second-order valence-corrected chi connectivity index (χ2v) is 6.30. The minimum atomic E-state index is -0.614. The van der Waals surface area contributed by atoms with E-state index in [1.807, 2.05) is 26.0 Å². The number of rotatable bonds is 6. The van der Waals surface area contributed by atoms with Crippen molar-refractivity contribution in [3.63, 3.8) is 0 Å². The molecule has 1 atom stereocenters. The van der Waals surface area contributed by atoms with Gasteiger partial charge in [0.05, 0.1) is 5.92 Å². The maximum Gasteiger partial charge on any atom is 0.344 e. The predicted octanol–water partition coefficient (Wildman–Crippen LogP) is 0.949. The van der Waals surface area contributed by atoms with Gasteiger partial charge in [0.15, 0.2) is 13.2 Å². The third-order valence-corrected chi connectivity index (χ3v) is 4.21. The first kappa shape index (κ1) is 18.8. The summed E-state index contributed by atoms with van der Waals surface area (Å²) in [7, 11) is 0. The van der Waals surface area contributed by atoms with Gasteiger partial charge in [-0.3, -0.25) is 9.59 Å². The summed E-state index contributed by atoms with van der Waals surface area (Å²) in [4.78, 5) is 36.6. The lowest BCUT2D eigenvalue weighted by Gasteiger charge is -2.31. The van der Waals surface area contributed by atoms with E-state index in [0.717, 1.165) is 11.1 Å². The normalized spacial score (nSPS) is 17.0. The van der Waals surface area contributed by atoms with Crippen molar-refractivity contribution < 1.29 is 23.9 Å². The third-order valence-electron chi connectivity index (χ3n) is 4.21. The lowest BCUT2D eigenvalue weighted by molar-refractivity contribution is -0.154. The van der Waals surface area contributed by atoms with Crippen LogP contribution in [0.3, 0.4) is 0 Å². The summed E-state index contributed by atoms with van der Waals surface area (Å²) in [6.07, 6.45) is 1.39. The van der Waals surface area contributed by atoms with Crippen LogP contribution in [0, 0.1) is 19.8 Å². The number of piperidine rings is 1. The maximum atomic E-state index is 12.1. The van der Waals surface area contributed by atoms with Crippen LogP contribution in [0.4, 0.5) is 0 Å². The number of ether oxygens (including phenoxy) is 2. The maximum absolute atomic E-state index is 12.1. The van der Waals surface area contributed by atoms with Gasteiger partial charge in [-0.25, -0.2) is 4.79 Å². The first-order chi connectivity index (χ1) is 11.9. The number of esters is 1. The Morgan fingerprint density at radius 3 is 2.68 bits per heavy atom. The van der Waals surface area contributed by atoms with Gasteiger partial charge in [0.1, 0.15) is 5.75 Å². The summed E-state index contributed by atoms with van der Waals surface area (Å²) < 4.78 is 10.4. The molecule has 1 fully saturated rings. The Hall–Kier alpha value is -2.57. The van der Waals surface area contributed by atoms with E-state index in [-0.39, 0.29) is 31.6 Å². The fourth-order valence-corrected chi connectivity index (χ4v) is 2.81. The van der Waals surface area contributed by atoms with Gasteiger partial charge in [-0.2, -0.15) is 0 Å². The molecule has 0 saturated carbocycles. The summed E-state index contributed by atoms with van der Waals surface area (Å²) >= 11 is 0. The highest BCUT2D eigenvalue weighted by atomic mass is 16.6. The van der Waals surface area contributed by atoms with Crippen molar-refractivity contribution in [2.45, 2.75) is 26.7 Å². The third kappa shape index (κ3) is 5.48. The molecule has 136 valence electrons. The molecule has 1 saturated heterocycles. The minimum absolute atomic E-state index is 0.263. The van der Waals surface area contributed by atoms with E-state index in [0.29, 0.717) is 25.1 Å². The first-order valence-corrected chi connectivity index (χ1v) is 8.29. The van der Waals surface area contributed by atoms with Crippen molar-refractivity contribution >= 4 is 17.8 Å². The van der Waals surface area contributed by atoms with Gasteiger partial charge in [-0.1, -0.05) is 17.7 Å². The SMILES string of the molecule is Cc1ccc(OCC(=O)OCC(=O)N2CCC[C@H](C(N)=O)C2)c(C)c1. The number of amides is 2. The average molecular weight is 348 g/mol. The molecule has 2 N–H and O–H groups in total. The van der Waals surface area contributed by atoms with E-state index in [1.165, 1.54) is 4.90 Å². The van der Waals surface area contributed by atoms with Gasteiger partial charge in [0.2, 0.25) is 5.91 Å². The molecule has 2 rings (SSSR count). The topological polar surface area (TPSA) is 98.9 Å². The Kier molecular flexibility index (Phi) is 6.38. The monoisotopic (exact) mass is 348 g/mol. The van der Waals surface area contributed by atoms with Crippen LogP contribution in [0.2, 0.25) is 0 Å². The number of nitrogens with two attached hydrogens (primary N) is 1. The van der Waals surface area contributed by atoms with Crippen LogP contribution in [-0.4, -0.2) is 49.0 Å². The van der Waals surface area contributed by atoms with Crippen LogP contribution in [0.25, 0.3) is 0 Å². The van der Waals surface area contributed by atoms with E-state index in [4.69, 9.17) is 15.2 Å². The van der Waals surface area contributed by atoms with E-state index in [1.54, 1.807) is 6.07 Å². The van der Waals surface area contributed by atoms with Crippen molar-refractivity contribution in [1.82, 2.24) is 4.90 Å². The van der Waals surface area contributed by atoms with E-state index in [2.05, 4.69) is 0 Å². The summed E-state index contributed by atoms with van der Waals surface area (Å²) in [5.41, 5.74) is 7.32. The van der Waals surface area contributed by atoms with Crippen LogP contribution < -0.4 is 10.5 Å². The number of hydrogen-bond acceptors (Lipinski definition) is 5. The van der Waals surface area contributed by atoms with E-state index < -0.39 is 11.9 Å². The Balaban J connectivity index is 1.75. The second-order valence-electron chi connectivity index (χ2n) is 6.30. The van der Waals surface area contributed by atoms with Gasteiger partial charge in [-0.05, 0) is 38.3 Å². The zero-order valence-corrected chi connectivity index (χ0v) is 14.6. The number of likely N-dealkylation sites (tertiary alicyclic amines) is 1. The van der Waals surface area contributed by atoms with Gasteiger partial charge < -0.3 is 20.1 Å². The molecule has 25 heavy (non-hydrogen) atoms. The molecular formula is C18H24N2O5. The smallest absolute Gasteiger partial charge is 0.344 e. The Morgan fingerprint density at radius 2 is 2.00 bits per heavy atom. The zero-order valence-electron chi connectivity index (χ0n) is 14.6. The fraction of sp³-hybridized carbons (Fsp3) is 0.500. The quantitative estimate of drug-likeness (QED) is 0.772. The average Bonchev–Trinajstić information content (AvgIpc) is 2.59. The Bertz CT molecular complexity index is 659. The molecule has 2 amide bonds. The van der Waals surface area contributed by atoms with Gasteiger partial charge >= 0.3 is 5.97 Å². The molecule has 0 unspecified atom stereocenters. The molecule has 1 aromatic carbocycles. The van der Waals surface area contributed by atoms with Crippen molar-refractivity contribution in [3.05, 3.63) is 29.3 Å². The van der Waals surface area contributed by atoms with Crippen LogP contribution in [0.15, 0.2) is 18.2 Å². The Morgan fingerprint density at radius 1 is 1.24 bits per heavy atom. The molecule has 1 aromatic rings. The summed E-state index contributed by atoms with van der Waals surface area (Å²) in [5.74, 6) is -1.07. The van der Waals surface area contributed by atoms with Crippen LogP contribution in [0.1, 0.15) is 24.0 Å². The zero-order chi connectivity index (χ0) is 18.4. The van der Waals surface area contributed by atoms with Gasteiger partial charge in [0, 0.05) is 13.1 Å². The number of nitrogens with zero attached hydrogens (tertiary/aromatic N) is 1. The number of primary amides is 1. The fourth-order valence-electron chi connectivity index (χ4n) is 2.81. The number of hydrogen-bond donors (Lipinski definition) is 1. The summed E-state index contributed by atoms with van der Waals surface area (Å²) in [5, 5.41) is 0. The van der Waals surface area contributed by atoms with E-state index in [9.17, 15) is 14.4 Å². The number of carbonyl (C=O) groups is 3. The minimum Gasteiger partial charge on any atom is -0.482 e. The molecule has 1 aliphatic heterocycles. The van der Waals surface area contributed by atoms with Crippen molar-refractivity contribution in [1.29, 1.82) is 0 Å². The van der Waals surface area contributed by atoms with Crippen molar-refractivity contribution in [2.75, 3.05) is 26.3 Å². The van der Waals surface area contributed by atoms with Crippen LogP contribution in [0.5, 0.6) is 5.75 Å². The molecule has 7 heteroatoms. The molecule has 0 radical (unpaired) electrons. The standard InChI is InChI=1S/C18H24N2O5/c1-12-5-6-15(13(2)8-12)24-11-17(22)25-10-16(21)20-7-3-4-14(9-20)18(19)23/h5-6,8,14H,3-4,7,9-11H2,1-2H3,(H2,19,23)/t14-/m0/s1. The van der Waals surface area contributed by atoms with Crippen molar-refractivity contribution in [3.8, 4) is 5.75 Å². The molecular weight excluding hydrogens is 324 g/mol. The predicted molar refractivity (Wildman–Crippen MR) is 90.9 cm³/mol. The molecule has 1 heterocycles. The second kappa shape index (κ2) is 8.50. The van der Waals surface area contributed by atoms with Crippen molar-refractivity contribution in [2.24, 2.45) is 11.7 Å². The van der Waals surface area contributed by atoms with Gasteiger partial charge in [-0.15, -0.1) is 0 Å². The van der Waals surface area contributed by atoms with Crippen LogP contribution in [-0.2, 0) is 19.1 Å². The highest BCUT2D eigenvalue weighted by molar-refractivity contribution is 5.82. The first-order valence-electron chi connectivity index (χ1n) is 8.29. The molecule has 0 aliphatic carbocycles. The summed E-state index contributed by atoms with van der Waals surface area (Å²) in [6.45, 7) is 4.06. The number of carbonyl (C=O) groups excluding carboxylic acids is 3. The highest BCUT2D eigenvalue weighted by Gasteiger charge is 2.27. The summed E-state index contributed by atoms with van der Waals surface area (Å²) in [6, 6.07) is 5.64. The number of aryl methyl sites for hydroxylation is 2. The van der Waals surface area contributed by atoms with Crippen LogP contribution >= 0.6 is 0 Å². The molecule has 0 spiro atoms. The highest BCUT2D eigenvalue weighted by Crippen LogP contribution is 2.19.